The van der Waals surface area contributed by atoms with Crippen LogP contribution in [-0.4, -0.2) is 19.0 Å². The van der Waals surface area contributed by atoms with E-state index in [4.69, 9.17) is 51.1 Å². The number of urea groups is 1. The number of ether oxygens (including phenoxy) is 1. The molecule has 0 saturated heterocycles. The molecule has 3 aromatic rings. The fraction of sp³-hybridized carbons (Fsp3) is 0.0500. The third kappa shape index (κ3) is 6.84. The van der Waals surface area contributed by atoms with Crippen molar-refractivity contribution in [2.45, 2.75) is 11.1 Å². The van der Waals surface area contributed by atoms with Crippen LogP contribution in [0.1, 0.15) is 5.56 Å². The van der Waals surface area contributed by atoms with Crippen molar-refractivity contribution in [2.24, 2.45) is 0 Å². The van der Waals surface area contributed by atoms with Crippen molar-refractivity contribution < 1.29 is 35.7 Å². The first-order valence-corrected chi connectivity index (χ1v) is 12.0. The van der Waals surface area contributed by atoms with Crippen molar-refractivity contribution >= 4 is 73.9 Å². The molecule has 0 unspecified atom stereocenters. The highest BCUT2D eigenvalue weighted by atomic mass is 35.5. The van der Waals surface area contributed by atoms with Gasteiger partial charge < -0.3 is 15.4 Å². The van der Waals surface area contributed by atoms with Crippen LogP contribution >= 0.6 is 46.4 Å². The Labute approximate surface area is 216 Å². The Morgan fingerprint density at radius 1 is 0.829 bits per heavy atom. The minimum Gasteiger partial charge on any atom is -0.454 e. The van der Waals surface area contributed by atoms with Gasteiger partial charge in [0.2, 0.25) is 0 Å². The molecule has 15 heteroatoms. The smallest absolute Gasteiger partial charge is 0.416 e. The van der Waals surface area contributed by atoms with E-state index in [1.807, 2.05) is 0 Å². The molecule has 0 spiro atoms. The summed E-state index contributed by atoms with van der Waals surface area (Å²) in [5.74, 6) is -0.600. The Hall–Kier alpha value is -2.41. The highest BCUT2D eigenvalue weighted by Gasteiger charge is 2.31. The van der Waals surface area contributed by atoms with E-state index in [0.29, 0.717) is 6.07 Å². The first kappa shape index (κ1) is 27.2. The SMILES string of the molecule is O=C(Nc1cc(C(F)(F)F)ccc1Cl)Nc1cc(Cl)ccc1Oc1cc(Cl)c(Cl)cc1S(=O)(=O)O. The second-order valence-electron chi connectivity index (χ2n) is 6.70. The summed E-state index contributed by atoms with van der Waals surface area (Å²) in [6, 6.07) is 7.03. The van der Waals surface area contributed by atoms with E-state index in [0.717, 1.165) is 24.3 Å². The number of halogens is 7. The zero-order valence-electron chi connectivity index (χ0n) is 16.8. The van der Waals surface area contributed by atoms with Gasteiger partial charge in [0.15, 0.2) is 5.75 Å². The molecule has 0 saturated carbocycles. The van der Waals surface area contributed by atoms with Gasteiger partial charge in [-0.05, 0) is 42.5 Å². The van der Waals surface area contributed by atoms with Gasteiger partial charge in [0.1, 0.15) is 10.6 Å². The molecule has 35 heavy (non-hydrogen) atoms. The van der Waals surface area contributed by atoms with Crippen molar-refractivity contribution in [3.8, 4) is 11.5 Å². The molecule has 3 N–H and O–H groups in total. The molecular weight excluding hydrogens is 579 g/mol. The molecule has 7 nitrogen and oxygen atoms in total. The minimum atomic E-state index is -4.80. The largest absolute Gasteiger partial charge is 0.454 e. The third-order valence-electron chi connectivity index (χ3n) is 4.22. The number of carbonyl (C=O) groups is 1. The summed E-state index contributed by atoms with van der Waals surface area (Å²) in [6.45, 7) is 0. The standard InChI is InChI=1S/C20H11Cl4F3N2O5S/c21-10-2-4-16(34-17-7-12(23)13(24)8-18(17)35(31,32)33)15(6-10)29-19(30)28-14-5-9(20(25,26)27)1-3-11(14)22/h1-8H,(H2,28,29,30)(H,31,32,33). The van der Waals surface area contributed by atoms with Crippen LogP contribution in [0, 0.1) is 0 Å². The number of anilines is 2. The molecular formula is C20H11Cl4F3N2O5S. The zero-order valence-corrected chi connectivity index (χ0v) is 20.6. The maximum atomic E-state index is 13.0. The molecule has 0 atom stereocenters. The predicted molar refractivity (Wildman–Crippen MR) is 127 cm³/mol. The molecule has 2 amide bonds. The Bertz CT molecular complexity index is 1420. The molecule has 0 fully saturated rings. The van der Waals surface area contributed by atoms with Crippen LogP contribution in [0.15, 0.2) is 53.4 Å². The van der Waals surface area contributed by atoms with Crippen molar-refractivity contribution in [1.29, 1.82) is 0 Å². The number of carbonyl (C=O) groups excluding carboxylic acids is 1. The van der Waals surface area contributed by atoms with Crippen molar-refractivity contribution in [3.63, 3.8) is 0 Å². The molecule has 0 aromatic heterocycles. The molecule has 0 bridgehead atoms. The third-order valence-corrected chi connectivity index (χ3v) is 6.38. The molecule has 0 aliphatic heterocycles. The second-order valence-corrected chi connectivity index (χ2v) is 9.75. The lowest BCUT2D eigenvalue weighted by Crippen LogP contribution is -2.20. The van der Waals surface area contributed by atoms with Gasteiger partial charge in [-0.25, -0.2) is 4.79 Å². The highest BCUT2D eigenvalue weighted by molar-refractivity contribution is 7.86. The van der Waals surface area contributed by atoms with E-state index < -0.39 is 38.5 Å². The Morgan fingerprint density at radius 3 is 2.09 bits per heavy atom. The van der Waals surface area contributed by atoms with Gasteiger partial charge in [-0.1, -0.05) is 46.4 Å². The average molecular weight is 590 g/mol. The van der Waals surface area contributed by atoms with Crippen LogP contribution in [0.5, 0.6) is 11.5 Å². The second kappa shape index (κ2) is 10.3. The molecule has 186 valence electrons. The van der Waals surface area contributed by atoms with Gasteiger partial charge in [0.25, 0.3) is 10.1 Å². The van der Waals surface area contributed by atoms with Crippen molar-refractivity contribution in [3.05, 3.63) is 74.2 Å². The van der Waals surface area contributed by atoms with Gasteiger partial charge in [-0.2, -0.15) is 21.6 Å². The van der Waals surface area contributed by atoms with E-state index >= 15 is 0 Å². The lowest BCUT2D eigenvalue weighted by molar-refractivity contribution is -0.137. The van der Waals surface area contributed by atoms with Crippen LogP contribution in [-0.2, 0) is 16.3 Å². The van der Waals surface area contributed by atoms with Gasteiger partial charge in [-0.15, -0.1) is 0 Å². The molecule has 0 radical (unpaired) electrons. The van der Waals surface area contributed by atoms with E-state index in [9.17, 15) is 30.9 Å². The normalized spacial score (nSPS) is 11.8. The monoisotopic (exact) mass is 588 g/mol. The number of rotatable bonds is 5. The molecule has 0 aliphatic carbocycles. The van der Waals surface area contributed by atoms with Crippen LogP contribution < -0.4 is 15.4 Å². The summed E-state index contributed by atoms with van der Waals surface area (Å²) in [5.41, 5.74) is -1.49. The quantitative estimate of drug-likeness (QED) is 0.261. The van der Waals surface area contributed by atoms with Crippen molar-refractivity contribution in [1.82, 2.24) is 0 Å². The van der Waals surface area contributed by atoms with Gasteiger partial charge in [0, 0.05) is 11.1 Å². The van der Waals surface area contributed by atoms with E-state index in [-0.39, 0.29) is 37.2 Å². The summed E-state index contributed by atoms with van der Waals surface area (Å²) in [7, 11) is -4.80. The number of hydrogen-bond donors (Lipinski definition) is 3. The number of nitrogens with one attached hydrogen (secondary N) is 2. The Balaban J connectivity index is 1.93. The van der Waals surface area contributed by atoms with Crippen LogP contribution in [0.3, 0.4) is 0 Å². The molecule has 0 heterocycles. The maximum absolute atomic E-state index is 13.0. The average Bonchev–Trinajstić information content (AvgIpc) is 2.72. The number of amides is 2. The topological polar surface area (TPSA) is 105 Å². The lowest BCUT2D eigenvalue weighted by atomic mass is 10.2. The van der Waals surface area contributed by atoms with Gasteiger partial charge >= 0.3 is 12.2 Å². The summed E-state index contributed by atoms with van der Waals surface area (Å²) in [4.78, 5) is 11.8. The summed E-state index contributed by atoms with van der Waals surface area (Å²) in [6.07, 6.45) is -4.67. The zero-order chi connectivity index (χ0) is 26.1. The maximum Gasteiger partial charge on any atom is 0.416 e. The summed E-state index contributed by atoms with van der Waals surface area (Å²) >= 11 is 23.6. The van der Waals surface area contributed by atoms with E-state index in [1.54, 1.807) is 0 Å². The van der Waals surface area contributed by atoms with E-state index in [2.05, 4.69) is 10.6 Å². The van der Waals surface area contributed by atoms with Gasteiger partial charge in [-0.3, -0.25) is 4.55 Å². The first-order chi connectivity index (χ1) is 16.1. The van der Waals surface area contributed by atoms with Crippen molar-refractivity contribution in [2.75, 3.05) is 10.6 Å². The summed E-state index contributed by atoms with van der Waals surface area (Å²) in [5, 5.41) is 4.17. The fourth-order valence-corrected chi connectivity index (χ4v) is 4.01. The Kier molecular flexibility index (Phi) is 7.99. The number of alkyl halides is 3. The fourth-order valence-electron chi connectivity index (χ4n) is 2.67. The first-order valence-electron chi connectivity index (χ1n) is 9.04. The van der Waals surface area contributed by atoms with Crippen LogP contribution in [0.25, 0.3) is 0 Å². The molecule has 3 rings (SSSR count). The number of hydrogen-bond acceptors (Lipinski definition) is 4. The lowest BCUT2D eigenvalue weighted by Gasteiger charge is -2.16. The Morgan fingerprint density at radius 2 is 1.46 bits per heavy atom. The summed E-state index contributed by atoms with van der Waals surface area (Å²) < 4.78 is 77.4. The van der Waals surface area contributed by atoms with Gasteiger partial charge in [0.05, 0.1) is 32.0 Å². The van der Waals surface area contributed by atoms with E-state index in [1.165, 1.54) is 18.2 Å². The predicted octanol–water partition coefficient (Wildman–Crippen LogP) is 8.00. The minimum absolute atomic E-state index is 0.102. The van der Waals surface area contributed by atoms with Crippen LogP contribution in [0.4, 0.5) is 29.3 Å². The van der Waals surface area contributed by atoms with Crippen LogP contribution in [0.2, 0.25) is 20.1 Å². The molecule has 0 aliphatic rings. The molecule has 3 aromatic carbocycles. The highest BCUT2D eigenvalue weighted by Crippen LogP contribution is 2.39. The number of benzene rings is 3.